The summed E-state index contributed by atoms with van der Waals surface area (Å²) < 4.78 is 10.9. The lowest BCUT2D eigenvalue weighted by atomic mass is 10.00. The van der Waals surface area contributed by atoms with Crippen LogP contribution in [0.5, 0.6) is 0 Å². The molecule has 2 atom stereocenters. The first-order chi connectivity index (χ1) is 14.8. The maximum Gasteiger partial charge on any atom is 0.203 e. The first-order valence-corrected chi connectivity index (χ1v) is 12.0. The van der Waals surface area contributed by atoms with Crippen molar-refractivity contribution in [2.45, 2.75) is 38.6 Å². The van der Waals surface area contributed by atoms with Crippen molar-refractivity contribution in [3.05, 3.63) is 64.3 Å². The molecular weight excluding hydrogens is 412 g/mol. The molecular formula is C23H27N4OS2+. The van der Waals surface area contributed by atoms with Crippen molar-refractivity contribution < 1.29 is 9.64 Å². The summed E-state index contributed by atoms with van der Waals surface area (Å²) in [6, 6.07) is 14.9. The van der Waals surface area contributed by atoms with E-state index in [1.54, 1.807) is 11.3 Å². The summed E-state index contributed by atoms with van der Waals surface area (Å²) in [6.45, 7) is 4.54. The van der Waals surface area contributed by atoms with E-state index in [1.165, 1.54) is 16.0 Å². The van der Waals surface area contributed by atoms with E-state index in [2.05, 4.69) is 58.5 Å². The third-order valence-corrected chi connectivity index (χ3v) is 7.27. The molecule has 7 heteroatoms. The van der Waals surface area contributed by atoms with E-state index in [1.807, 2.05) is 4.68 Å². The predicted molar refractivity (Wildman–Crippen MR) is 123 cm³/mol. The largest absolute Gasteiger partial charge is 0.376 e. The van der Waals surface area contributed by atoms with E-state index < -0.39 is 0 Å². The van der Waals surface area contributed by atoms with Crippen LogP contribution in [0.2, 0.25) is 0 Å². The van der Waals surface area contributed by atoms with Crippen LogP contribution >= 0.6 is 23.6 Å². The Kier molecular flexibility index (Phi) is 5.95. The molecule has 3 aromatic rings. The molecule has 5 nitrogen and oxygen atoms in total. The highest BCUT2D eigenvalue weighted by atomic mass is 32.1. The van der Waals surface area contributed by atoms with Gasteiger partial charge in [-0.25, -0.2) is 0 Å². The maximum absolute atomic E-state index is 5.88. The lowest BCUT2D eigenvalue weighted by Crippen LogP contribution is -3.11. The number of nitrogens with one attached hydrogen (secondary N) is 1. The van der Waals surface area contributed by atoms with Gasteiger partial charge in [-0.2, -0.15) is 4.68 Å². The maximum atomic E-state index is 5.88. The average molecular weight is 440 g/mol. The topological polar surface area (TPSA) is 36.4 Å². The molecule has 2 aliphatic rings. The smallest absolute Gasteiger partial charge is 0.203 e. The first kappa shape index (κ1) is 19.9. The van der Waals surface area contributed by atoms with Crippen LogP contribution in [0.4, 0.5) is 0 Å². The van der Waals surface area contributed by atoms with Crippen LogP contribution in [0.3, 0.4) is 0 Å². The fourth-order valence-corrected chi connectivity index (χ4v) is 5.33. The zero-order valence-electron chi connectivity index (χ0n) is 17.0. The lowest BCUT2D eigenvalue weighted by molar-refractivity contribution is -0.918. The predicted octanol–water partition coefficient (Wildman–Crippen LogP) is 3.65. The summed E-state index contributed by atoms with van der Waals surface area (Å²) in [5.41, 5.74) is 2.79. The van der Waals surface area contributed by atoms with Crippen molar-refractivity contribution in [1.82, 2.24) is 14.3 Å². The first-order valence-electron chi connectivity index (χ1n) is 10.7. The van der Waals surface area contributed by atoms with Crippen molar-refractivity contribution in [2.24, 2.45) is 0 Å². The van der Waals surface area contributed by atoms with Crippen LogP contribution in [0.1, 0.15) is 24.8 Å². The number of hydrogen-bond donors (Lipinski definition) is 1. The molecule has 2 aromatic heterocycles. The molecule has 0 amide bonds. The molecule has 1 aromatic carbocycles. The molecule has 156 valence electrons. The molecule has 0 saturated carbocycles. The molecule has 1 fully saturated rings. The molecule has 5 rings (SSSR count). The molecule has 30 heavy (non-hydrogen) atoms. The van der Waals surface area contributed by atoms with Crippen LogP contribution in [0.15, 0.2) is 53.9 Å². The number of benzene rings is 1. The van der Waals surface area contributed by atoms with Crippen LogP contribution in [0, 0.1) is 4.77 Å². The Bertz CT molecular complexity index is 1060. The number of aromatic nitrogens is 3. The number of ether oxygens (including phenoxy) is 1. The standard InChI is InChI=1S/C23H26N4OS2/c29-23-26(16-20-8-4-14-28-20)22(21-9-5-15-30-21)24-27(23)17-25-12-10-19(11-13-25)18-6-2-1-3-7-18/h1-3,5-7,9-10,15,20H,4,8,11-14,16-17H2/p+1/t20-/m0/s1. The van der Waals surface area contributed by atoms with Gasteiger partial charge >= 0.3 is 0 Å². The van der Waals surface area contributed by atoms with E-state index in [4.69, 9.17) is 22.1 Å². The third-order valence-electron chi connectivity index (χ3n) is 5.98. The van der Waals surface area contributed by atoms with E-state index in [0.717, 1.165) is 67.6 Å². The Morgan fingerprint density at radius 2 is 2.10 bits per heavy atom. The minimum absolute atomic E-state index is 0.242. The van der Waals surface area contributed by atoms with Gasteiger partial charge in [0.15, 0.2) is 12.5 Å². The number of hydrogen-bond acceptors (Lipinski definition) is 4. The van der Waals surface area contributed by atoms with Crippen LogP contribution in [-0.2, 0) is 18.0 Å². The van der Waals surface area contributed by atoms with E-state index in [9.17, 15) is 0 Å². The monoisotopic (exact) mass is 439 g/mol. The Labute approximate surface area is 186 Å². The van der Waals surface area contributed by atoms with E-state index in [0.29, 0.717) is 0 Å². The van der Waals surface area contributed by atoms with Gasteiger partial charge in [0.05, 0.1) is 30.6 Å². The van der Waals surface area contributed by atoms with Crippen molar-refractivity contribution >= 4 is 29.1 Å². The van der Waals surface area contributed by atoms with Crippen LogP contribution in [0.25, 0.3) is 16.3 Å². The Balaban J connectivity index is 1.36. The van der Waals surface area contributed by atoms with E-state index >= 15 is 0 Å². The summed E-state index contributed by atoms with van der Waals surface area (Å²) >= 11 is 7.59. The summed E-state index contributed by atoms with van der Waals surface area (Å²) in [7, 11) is 0. The molecule has 0 aliphatic carbocycles. The summed E-state index contributed by atoms with van der Waals surface area (Å²) in [5.74, 6) is 0.974. The number of rotatable bonds is 6. The van der Waals surface area contributed by atoms with Crippen LogP contribution in [-0.4, -0.2) is 40.1 Å². The van der Waals surface area contributed by atoms with Gasteiger partial charge in [0.25, 0.3) is 0 Å². The Morgan fingerprint density at radius 1 is 1.20 bits per heavy atom. The normalized spacial score (nSPS) is 21.7. The van der Waals surface area contributed by atoms with Gasteiger partial charge in [0.2, 0.25) is 4.77 Å². The van der Waals surface area contributed by atoms with Crippen molar-refractivity contribution in [1.29, 1.82) is 0 Å². The second-order valence-electron chi connectivity index (χ2n) is 8.04. The Hall–Kier alpha value is -2.06. The second kappa shape index (κ2) is 8.98. The Morgan fingerprint density at radius 3 is 2.80 bits per heavy atom. The number of thiophene rings is 1. The fraction of sp³-hybridized carbons (Fsp3) is 0.391. The minimum Gasteiger partial charge on any atom is -0.376 e. The third kappa shape index (κ3) is 4.21. The number of nitrogens with zero attached hydrogens (tertiary/aromatic N) is 3. The second-order valence-corrected chi connectivity index (χ2v) is 9.35. The highest BCUT2D eigenvalue weighted by molar-refractivity contribution is 7.71. The van der Waals surface area contributed by atoms with Gasteiger partial charge in [-0.3, -0.25) is 4.57 Å². The molecule has 1 saturated heterocycles. The van der Waals surface area contributed by atoms with Gasteiger partial charge in [-0.1, -0.05) is 36.4 Å². The summed E-state index contributed by atoms with van der Waals surface area (Å²) in [6.07, 6.45) is 5.93. The number of quaternary nitrogens is 1. The fourth-order valence-electron chi connectivity index (χ4n) is 4.34. The minimum atomic E-state index is 0.242. The average Bonchev–Trinajstić information content (AvgIpc) is 3.54. The van der Waals surface area contributed by atoms with Gasteiger partial charge < -0.3 is 9.64 Å². The molecule has 1 N–H and O–H groups in total. The van der Waals surface area contributed by atoms with Gasteiger partial charge in [0, 0.05) is 13.0 Å². The van der Waals surface area contributed by atoms with Crippen LogP contribution < -0.4 is 4.90 Å². The molecule has 4 heterocycles. The molecule has 0 bridgehead atoms. The molecule has 0 radical (unpaired) electrons. The highest BCUT2D eigenvalue weighted by Crippen LogP contribution is 2.25. The molecule has 2 aliphatic heterocycles. The van der Waals surface area contributed by atoms with Gasteiger partial charge in [0.1, 0.15) is 0 Å². The highest BCUT2D eigenvalue weighted by Gasteiger charge is 2.23. The summed E-state index contributed by atoms with van der Waals surface area (Å²) in [4.78, 5) is 2.66. The van der Waals surface area contributed by atoms with Gasteiger partial charge in [-0.15, -0.1) is 16.4 Å². The van der Waals surface area contributed by atoms with E-state index in [-0.39, 0.29) is 6.10 Å². The molecule has 1 unspecified atom stereocenters. The lowest BCUT2D eigenvalue weighted by Gasteiger charge is -2.23. The zero-order valence-corrected chi connectivity index (χ0v) is 18.6. The zero-order chi connectivity index (χ0) is 20.3. The van der Waals surface area contributed by atoms with Gasteiger partial charge in [-0.05, 0) is 53.7 Å². The molecule has 0 spiro atoms. The van der Waals surface area contributed by atoms with Crippen molar-refractivity contribution in [3.63, 3.8) is 0 Å². The van der Waals surface area contributed by atoms with Crippen molar-refractivity contribution in [3.8, 4) is 10.7 Å². The quantitative estimate of drug-likeness (QED) is 0.596. The summed E-state index contributed by atoms with van der Waals surface area (Å²) in [5, 5.41) is 7.05. The van der Waals surface area contributed by atoms with Crippen molar-refractivity contribution in [2.75, 3.05) is 19.7 Å². The SMILES string of the molecule is S=c1n(C[NH+]2CC=C(c3ccccc3)CC2)nc(-c2cccs2)n1C[C@@H]1CCCO1.